The van der Waals surface area contributed by atoms with E-state index in [1.807, 2.05) is 53.4 Å². The molecule has 6 heteroatoms. The van der Waals surface area contributed by atoms with Crippen molar-refractivity contribution in [1.82, 2.24) is 4.90 Å². The predicted molar refractivity (Wildman–Crippen MR) is 122 cm³/mol. The molecule has 166 valence electrons. The molecule has 3 heterocycles. The number of amides is 1. The van der Waals surface area contributed by atoms with Crippen molar-refractivity contribution in [2.75, 3.05) is 31.2 Å². The van der Waals surface area contributed by atoms with Crippen LogP contribution >= 0.6 is 0 Å². The number of carbonyl (C=O) groups excluding carboxylic acids is 1. The second-order valence-electron chi connectivity index (χ2n) is 8.31. The molecule has 0 spiro atoms. The third kappa shape index (κ3) is 4.59. The van der Waals surface area contributed by atoms with Crippen molar-refractivity contribution in [2.45, 2.75) is 31.8 Å². The van der Waals surface area contributed by atoms with Crippen LogP contribution in [0, 0.1) is 0 Å². The van der Waals surface area contributed by atoms with Crippen LogP contribution in [0.1, 0.15) is 24.2 Å². The van der Waals surface area contributed by atoms with Gasteiger partial charge >= 0.3 is 0 Å². The minimum absolute atomic E-state index is 0.144. The van der Waals surface area contributed by atoms with Gasteiger partial charge in [0.1, 0.15) is 19.0 Å². The fourth-order valence-electron chi connectivity index (χ4n) is 4.53. The number of anilines is 1. The van der Waals surface area contributed by atoms with Gasteiger partial charge < -0.3 is 23.7 Å². The fraction of sp³-hybridized carbons (Fsp3) is 0.346. The zero-order chi connectivity index (χ0) is 21.8. The average Bonchev–Trinajstić information content (AvgIpc) is 3.36. The summed E-state index contributed by atoms with van der Waals surface area (Å²) in [4.78, 5) is 17.7. The van der Waals surface area contributed by atoms with Crippen molar-refractivity contribution in [1.29, 1.82) is 0 Å². The van der Waals surface area contributed by atoms with E-state index in [1.165, 1.54) is 0 Å². The molecule has 6 nitrogen and oxygen atoms in total. The highest BCUT2D eigenvalue weighted by molar-refractivity contribution is 5.79. The summed E-state index contributed by atoms with van der Waals surface area (Å²) in [6, 6.07) is 20.1. The molecule has 1 amide bonds. The Morgan fingerprint density at radius 1 is 0.938 bits per heavy atom. The number of fused-ring (bicyclic) bond motifs is 1. The molecule has 2 aliphatic rings. The van der Waals surface area contributed by atoms with Gasteiger partial charge in [0, 0.05) is 30.9 Å². The predicted octanol–water partition coefficient (Wildman–Crippen LogP) is 4.29. The highest BCUT2D eigenvalue weighted by atomic mass is 16.6. The number of hydrogen-bond acceptors (Lipinski definition) is 5. The van der Waals surface area contributed by atoms with E-state index in [-0.39, 0.29) is 11.9 Å². The maximum Gasteiger partial charge on any atom is 0.227 e. The molecule has 0 unspecified atom stereocenters. The van der Waals surface area contributed by atoms with Gasteiger partial charge in [0.2, 0.25) is 5.91 Å². The zero-order valence-electron chi connectivity index (χ0n) is 18.1. The van der Waals surface area contributed by atoms with E-state index in [1.54, 1.807) is 6.26 Å². The fourth-order valence-corrected chi connectivity index (χ4v) is 4.53. The van der Waals surface area contributed by atoms with Crippen LogP contribution in [0.5, 0.6) is 11.5 Å². The van der Waals surface area contributed by atoms with E-state index < -0.39 is 0 Å². The number of furan rings is 1. The first-order valence-electron chi connectivity index (χ1n) is 11.3. The largest absolute Gasteiger partial charge is 0.486 e. The molecule has 1 aromatic heterocycles. The minimum atomic E-state index is 0.144. The molecular weight excluding hydrogens is 404 g/mol. The Balaban J connectivity index is 1.27. The third-order valence-electron chi connectivity index (χ3n) is 6.22. The number of hydrogen-bond donors (Lipinski definition) is 0. The maximum atomic E-state index is 13.3. The van der Waals surface area contributed by atoms with Crippen molar-refractivity contribution < 1.29 is 18.7 Å². The van der Waals surface area contributed by atoms with Gasteiger partial charge in [-0.3, -0.25) is 4.79 Å². The summed E-state index contributed by atoms with van der Waals surface area (Å²) < 4.78 is 17.0. The molecule has 3 aromatic rings. The van der Waals surface area contributed by atoms with Gasteiger partial charge in [-0.05, 0) is 42.7 Å². The summed E-state index contributed by atoms with van der Waals surface area (Å²) in [6.07, 6.45) is 3.90. The smallest absolute Gasteiger partial charge is 0.227 e. The maximum absolute atomic E-state index is 13.3. The highest BCUT2D eigenvalue weighted by Crippen LogP contribution is 2.35. The lowest BCUT2D eigenvalue weighted by molar-refractivity contribution is -0.134. The Morgan fingerprint density at radius 3 is 2.47 bits per heavy atom. The van der Waals surface area contributed by atoms with Crippen molar-refractivity contribution in [3.05, 3.63) is 78.3 Å². The van der Waals surface area contributed by atoms with Gasteiger partial charge in [-0.15, -0.1) is 0 Å². The molecule has 0 aliphatic carbocycles. The van der Waals surface area contributed by atoms with Crippen LogP contribution in [0.25, 0.3) is 0 Å². The molecule has 0 saturated carbocycles. The monoisotopic (exact) mass is 432 g/mol. The number of ether oxygens (including phenoxy) is 2. The van der Waals surface area contributed by atoms with Gasteiger partial charge in [-0.1, -0.05) is 30.3 Å². The van der Waals surface area contributed by atoms with Crippen molar-refractivity contribution in [3.63, 3.8) is 0 Å². The molecule has 1 saturated heterocycles. The summed E-state index contributed by atoms with van der Waals surface area (Å²) in [5.41, 5.74) is 2.18. The summed E-state index contributed by atoms with van der Waals surface area (Å²) in [5.74, 6) is 2.59. The number of nitrogens with zero attached hydrogens (tertiary/aromatic N) is 2. The van der Waals surface area contributed by atoms with Gasteiger partial charge in [-0.2, -0.15) is 0 Å². The standard InChI is InChI=1S/C26H28N2O4/c29-26(17-20-5-2-1-3-6-20)28(19-23-7-4-14-30-23)21-10-12-27(13-11-21)22-8-9-24-25(18-22)32-16-15-31-24/h1-9,14,18,21H,10-13,15-17,19H2. The number of piperidine rings is 1. The molecule has 0 radical (unpaired) electrons. The van der Waals surface area contributed by atoms with Crippen LogP contribution < -0.4 is 14.4 Å². The Labute approximate surface area is 188 Å². The van der Waals surface area contributed by atoms with E-state index in [0.717, 1.165) is 54.4 Å². The SMILES string of the molecule is O=C(Cc1ccccc1)N(Cc1ccco1)C1CCN(c2ccc3c(c2)OCCO3)CC1. The van der Waals surface area contributed by atoms with E-state index in [4.69, 9.17) is 13.9 Å². The highest BCUT2D eigenvalue weighted by Gasteiger charge is 2.29. The Hall–Kier alpha value is -3.41. The molecule has 2 aromatic carbocycles. The molecule has 1 fully saturated rings. The molecule has 0 atom stereocenters. The summed E-state index contributed by atoms with van der Waals surface area (Å²) >= 11 is 0. The van der Waals surface area contributed by atoms with Gasteiger partial charge in [-0.25, -0.2) is 0 Å². The van der Waals surface area contributed by atoms with E-state index >= 15 is 0 Å². The van der Waals surface area contributed by atoms with Crippen molar-refractivity contribution in [2.24, 2.45) is 0 Å². The molecule has 32 heavy (non-hydrogen) atoms. The molecule has 0 bridgehead atoms. The summed E-state index contributed by atoms with van der Waals surface area (Å²) in [5, 5.41) is 0. The van der Waals surface area contributed by atoms with Gasteiger partial charge in [0.05, 0.1) is 19.2 Å². The first-order valence-corrected chi connectivity index (χ1v) is 11.3. The number of rotatable bonds is 6. The summed E-state index contributed by atoms with van der Waals surface area (Å²) in [6.45, 7) is 3.46. The third-order valence-corrected chi connectivity index (χ3v) is 6.22. The van der Waals surface area contributed by atoms with E-state index in [2.05, 4.69) is 17.0 Å². The molecular formula is C26H28N2O4. The van der Waals surface area contributed by atoms with Crippen molar-refractivity contribution >= 4 is 11.6 Å². The Bertz CT molecular complexity index is 1030. The van der Waals surface area contributed by atoms with Crippen LogP contribution in [-0.4, -0.2) is 43.2 Å². The lowest BCUT2D eigenvalue weighted by Crippen LogP contribution is -2.47. The minimum Gasteiger partial charge on any atom is -0.486 e. The quantitative estimate of drug-likeness (QED) is 0.582. The topological polar surface area (TPSA) is 55.2 Å². The summed E-state index contributed by atoms with van der Waals surface area (Å²) in [7, 11) is 0. The van der Waals surface area contributed by atoms with Gasteiger partial charge in [0.25, 0.3) is 0 Å². The van der Waals surface area contributed by atoms with Crippen LogP contribution in [0.4, 0.5) is 5.69 Å². The van der Waals surface area contributed by atoms with Crippen LogP contribution in [-0.2, 0) is 17.8 Å². The second kappa shape index (κ2) is 9.39. The number of carbonyl (C=O) groups is 1. The molecule has 2 aliphatic heterocycles. The van der Waals surface area contributed by atoms with Crippen LogP contribution in [0.3, 0.4) is 0 Å². The lowest BCUT2D eigenvalue weighted by Gasteiger charge is -2.39. The average molecular weight is 433 g/mol. The van der Waals surface area contributed by atoms with E-state index in [0.29, 0.717) is 26.2 Å². The molecule has 5 rings (SSSR count). The van der Waals surface area contributed by atoms with Crippen molar-refractivity contribution in [3.8, 4) is 11.5 Å². The first kappa shape index (κ1) is 20.5. The zero-order valence-corrected chi connectivity index (χ0v) is 18.1. The van der Waals surface area contributed by atoms with E-state index in [9.17, 15) is 4.79 Å². The number of benzene rings is 2. The van der Waals surface area contributed by atoms with Gasteiger partial charge in [0.15, 0.2) is 11.5 Å². The Kier molecular flexibility index (Phi) is 6.01. The lowest BCUT2D eigenvalue weighted by atomic mass is 10.0. The second-order valence-corrected chi connectivity index (χ2v) is 8.31. The molecule has 0 N–H and O–H groups in total. The van der Waals surface area contributed by atoms with Crippen LogP contribution in [0.2, 0.25) is 0 Å². The first-order chi connectivity index (χ1) is 15.8. The Morgan fingerprint density at radius 2 is 1.72 bits per heavy atom. The van der Waals surface area contributed by atoms with Crippen LogP contribution in [0.15, 0.2) is 71.3 Å². The normalized spacial score (nSPS) is 16.1.